The molecule has 2 aromatic rings. The summed E-state index contributed by atoms with van der Waals surface area (Å²) in [7, 11) is 0. The van der Waals surface area contributed by atoms with Crippen LogP contribution in [0.15, 0.2) is 53.5 Å². The number of carboxylic acids is 1. The summed E-state index contributed by atoms with van der Waals surface area (Å²) in [5.74, 6) is 5.70. The second-order valence-electron chi connectivity index (χ2n) is 6.21. The standard InChI is InChI=1S/C21H16N2O3S/c24-20-16-7-3-1-5-14(16)9-10-15-6-2-4-8-18(15)23(20)12-11-19-22-17(13-27-19)21(25)26/h1-8,17H,11-13H2,(H,25,26). The second kappa shape index (κ2) is 7.29. The number of para-hydroxylation sites is 1. The largest absolute Gasteiger partial charge is 0.480 e. The van der Waals surface area contributed by atoms with Gasteiger partial charge in [0.1, 0.15) is 0 Å². The van der Waals surface area contributed by atoms with E-state index in [0.29, 0.717) is 29.8 Å². The van der Waals surface area contributed by atoms with Crippen LogP contribution in [0.2, 0.25) is 0 Å². The van der Waals surface area contributed by atoms with E-state index in [1.807, 2.05) is 42.5 Å². The van der Waals surface area contributed by atoms with Crippen molar-refractivity contribution in [3.8, 4) is 11.8 Å². The minimum absolute atomic E-state index is 0.106. The molecule has 2 heterocycles. The number of nitrogens with zero attached hydrogens (tertiary/aromatic N) is 2. The van der Waals surface area contributed by atoms with Crippen LogP contribution in [-0.4, -0.2) is 40.4 Å². The van der Waals surface area contributed by atoms with Crippen LogP contribution in [0.3, 0.4) is 0 Å². The Labute approximate surface area is 161 Å². The number of anilines is 1. The molecule has 27 heavy (non-hydrogen) atoms. The first-order valence-corrected chi connectivity index (χ1v) is 9.56. The molecule has 4 rings (SSSR count). The zero-order chi connectivity index (χ0) is 18.8. The maximum absolute atomic E-state index is 13.2. The molecule has 0 radical (unpaired) electrons. The molecule has 1 amide bonds. The molecule has 2 aliphatic heterocycles. The van der Waals surface area contributed by atoms with E-state index < -0.39 is 12.0 Å². The number of carboxylic acid groups (broad SMARTS) is 1. The number of carbonyl (C=O) groups is 2. The lowest BCUT2D eigenvalue weighted by Crippen LogP contribution is -2.34. The summed E-state index contributed by atoms with van der Waals surface area (Å²) in [5.41, 5.74) is 2.84. The SMILES string of the molecule is O=C(O)C1CSC(CCN2C(=O)c3ccccc3C#Cc3ccccc32)=N1. The van der Waals surface area contributed by atoms with E-state index >= 15 is 0 Å². The number of hydrogen-bond donors (Lipinski definition) is 1. The van der Waals surface area contributed by atoms with Crippen molar-refractivity contribution in [3.63, 3.8) is 0 Å². The molecular formula is C21H16N2O3S. The average molecular weight is 376 g/mol. The lowest BCUT2D eigenvalue weighted by atomic mass is 10.0. The van der Waals surface area contributed by atoms with Gasteiger partial charge in [0.2, 0.25) is 0 Å². The Kier molecular flexibility index (Phi) is 4.69. The van der Waals surface area contributed by atoms with E-state index in [0.717, 1.165) is 16.3 Å². The van der Waals surface area contributed by atoms with Gasteiger partial charge in [0.25, 0.3) is 5.91 Å². The summed E-state index contributed by atoms with van der Waals surface area (Å²) in [6.07, 6.45) is 0.518. The van der Waals surface area contributed by atoms with Gasteiger partial charge in [-0.1, -0.05) is 36.1 Å². The molecule has 2 aromatic carbocycles. The van der Waals surface area contributed by atoms with Gasteiger partial charge in [0.15, 0.2) is 6.04 Å². The van der Waals surface area contributed by atoms with Gasteiger partial charge in [0.05, 0.1) is 16.3 Å². The molecule has 1 N–H and O–H groups in total. The van der Waals surface area contributed by atoms with Gasteiger partial charge in [-0.25, -0.2) is 4.79 Å². The lowest BCUT2D eigenvalue weighted by molar-refractivity contribution is -0.137. The van der Waals surface area contributed by atoms with Gasteiger partial charge in [-0.3, -0.25) is 9.79 Å². The molecular weight excluding hydrogens is 360 g/mol. The summed E-state index contributed by atoms with van der Waals surface area (Å²) in [6, 6.07) is 14.2. The molecule has 1 atom stereocenters. The van der Waals surface area contributed by atoms with E-state index in [2.05, 4.69) is 16.8 Å². The van der Waals surface area contributed by atoms with Gasteiger partial charge < -0.3 is 10.0 Å². The Hall–Kier alpha value is -3.04. The molecule has 0 fully saturated rings. The van der Waals surface area contributed by atoms with Crippen molar-refractivity contribution in [3.05, 3.63) is 65.2 Å². The predicted molar refractivity (Wildman–Crippen MR) is 106 cm³/mol. The first-order chi connectivity index (χ1) is 13.1. The number of hydrogen-bond acceptors (Lipinski definition) is 4. The normalized spacial score (nSPS) is 17.8. The summed E-state index contributed by atoms with van der Waals surface area (Å²) >= 11 is 1.45. The van der Waals surface area contributed by atoms with E-state index in [-0.39, 0.29) is 5.91 Å². The van der Waals surface area contributed by atoms with Gasteiger partial charge >= 0.3 is 5.97 Å². The van der Waals surface area contributed by atoms with Crippen molar-refractivity contribution < 1.29 is 14.7 Å². The predicted octanol–water partition coefficient (Wildman–Crippen LogP) is 3.04. The summed E-state index contributed by atoms with van der Waals surface area (Å²) < 4.78 is 0. The third-order valence-corrected chi connectivity index (χ3v) is 5.60. The maximum atomic E-state index is 13.2. The summed E-state index contributed by atoms with van der Waals surface area (Å²) in [4.78, 5) is 30.3. The van der Waals surface area contributed by atoms with Crippen LogP contribution in [0.25, 0.3) is 0 Å². The fourth-order valence-corrected chi connectivity index (χ4v) is 4.10. The van der Waals surface area contributed by atoms with Crippen LogP contribution in [0, 0.1) is 11.8 Å². The maximum Gasteiger partial charge on any atom is 0.329 e. The molecule has 0 saturated carbocycles. The first-order valence-electron chi connectivity index (χ1n) is 8.58. The monoisotopic (exact) mass is 376 g/mol. The number of carbonyl (C=O) groups excluding carboxylic acids is 1. The third-order valence-electron chi connectivity index (χ3n) is 4.47. The van der Waals surface area contributed by atoms with Crippen LogP contribution in [0.1, 0.15) is 27.9 Å². The highest BCUT2D eigenvalue weighted by molar-refractivity contribution is 8.14. The van der Waals surface area contributed by atoms with Gasteiger partial charge in [0, 0.05) is 29.8 Å². The fraction of sp³-hybridized carbons (Fsp3) is 0.190. The van der Waals surface area contributed by atoms with Crippen molar-refractivity contribution in [2.45, 2.75) is 12.5 Å². The van der Waals surface area contributed by atoms with Crippen LogP contribution in [-0.2, 0) is 4.79 Å². The molecule has 5 nitrogen and oxygen atoms in total. The Morgan fingerprint density at radius 2 is 1.85 bits per heavy atom. The van der Waals surface area contributed by atoms with Crippen LogP contribution < -0.4 is 4.90 Å². The van der Waals surface area contributed by atoms with Crippen molar-refractivity contribution in [1.29, 1.82) is 0 Å². The number of amides is 1. The molecule has 6 heteroatoms. The molecule has 1 unspecified atom stereocenters. The highest BCUT2D eigenvalue weighted by atomic mass is 32.2. The summed E-state index contributed by atoms with van der Waals surface area (Å²) in [6.45, 7) is 0.421. The van der Waals surface area contributed by atoms with Crippen LogP contribution >= 0.6 is 11.8 Å². The molecule has 0 saturated heterocycles. The number of aliphatic carboxylic acids is 1. The molecule has 0 aromatic heterocycles. The first kappa shape index (κ1) is 17.4. The van der Waals surface area contributed by atoms with Gasteiger partial charge in [-0.05, 0) is 24.3 Å². The van der Waals surface area contributed by atoms with Gasteiger partial charge in [-0.15, -0.1) is 11.8 Å². The average Bonchev–Trinajstić information content (AvgIpc) is 3.16. The third kappa shape index (κ3) is 3.46. The highest BCUT2D eigenvalue weighted by Crippen LogP contribution is 2.27. The molecule has 0 aliphatic carbocycles. The molecule has 134 valence electrons. The molecule has 0 spiro atoms. The number of rotatable bonds is 4. The number of fused-ring (bicyclic) bond motifs is 2. The van der Waals surface area contributed by atoms with Crippen molar-refractivity contribution in [1.82, 2.24) is 0 Å². The molecule has 2 aliphatic rings. The van der Waals surface area contributed by atoms with Gasteiger partial charge in [-0.2, -0.15) is 0 Å². The van der Waals surface area contributed by atoms with E-state index in [1.54, 1.807) is 11.0 Å². The minimum Gasteiger partial charge on any atom is -0.480 e. The smallest absolute Gasteiger partial charge is 0.329 e. The number of benzene rings is 2. The van der Waals surface area contributed by atoms with E-state index in [9.17, 15) is 9.59 Å². The Morgan fingerprint density at radius 1 is 1.15 bits per heavy atom. The van der Waals surface area contributed by atoms with Crippen molar-refractivity contribution >= 4 is 34.4 Å². The van der Waals surface area contributed by atoms with E-state index in [4.69, 9.17) is 5.11 Å². The summed E-state index contributed by atoms with van der Waals surface area (Å²) in [5, 5.41) is 9.87. The zero-order valence-electron chi connectivity index (χ0n) is 14.4. The Bertz CT molecular complexity index is 1020. The number of aliphatic imine (C=N–C) groups is 1. The Morgan fingerprint density at radius 3 is 2.63 bits per heavy atom. The zero-order valence-corrected chi connectivity index (χ0v) is 15.2. The Balaban J connectivity index is 1.67. The highest BCUT2D eigenvalue weighted by Gasteiger charge is 2.27. The number of thioether (sulfide) groups is 1. The quantitative estimate of drug-likeness (QED) is 0.833. The van der Waals surface area contributed by atoms with E-state index in [1.165, 1.54) is 11.8 Å². The fourth-order valence-electron chi connectivity index (χ4n) is 3.10. The lowest BCUT2D eigenvalue weighted by Gasteiger charge is -2.25. The van der Waals surface area contributed by atoms with Crippen molar-refractivity contribution in [2.24, 2.45) is 4.99 Å². The second-order valence-corrected chi connectivity index (χ2v) is 7.30. The van der Waals surface area contributed by atoms with Crippen molar-refractivity contribution in [2.75, 3.05) is 17.2 Å². The van der Waals surface area contributed by atoms with Crippen LogP contribution in [0.5, 0.6) is 0 Å². The topological polar surface area (TPSA) is 70.0 Å². The minimum atomic E-state index is -0.908. The van der Waals surface area contributed by atoms with Crippen LogP contribution in [0.4, 0.5) is 5.69 Å². The molecule has 0 bridgehead atoms.